The second-order valence-corrected chi connectivity index (χ2v) is 8.17. The van der Waals surface area contributed by atoms with E-state index in [-0.39, 0.29) is 33.2 Å². The molecule has 4 rings (SSSR count). The van der Waals surface area contributed by atoms with Crippen molar-refractivity contribution < 1.29 is 4.48 Å². The Morgan fingerprint density at radius 1 is 1.46 bits per heavy atom. The number of pyridine rings is 1. The van der Waals surface area contributed by atoms with Crippen LogP contribution in [0.5, 0.6) is 0 Å². The van der Waals surface area contributed by atoms with Gasteiger partial charge in [-0.3, -0.25) is 13.7 Å². The number of anilines is 2. The zero-order valence-electron chi connectivity index (χ0n) is 15.0. The van der Waals surface area contributed by atoms with E-state index < -0.39 is 5.56 Å². The van der Waals surface area contributed by atoms with E-state index in [2.05, 4.69) is 10.3 Å². The molecule has 1 N–H and O–H groups in total. The van der Waals surface area contributed by atoms with Crippen molar-refractivity contribution in [1.29, 1.82) is 5.26 Å². The lowest BCUT2D eigenvalue weighted by Gasteiger charge is -2.29. The van der Waals surface area contributed by atoms with Gasteiger partial charge in [0.25, 0.3) is 5.56 Å². The van der Waals surface area contributed by atoms with Crippen LogP contribution < -0.4 is 16.0 Å². The summed E-state index contributed by atoms with van der Waals surface area (Å²) in [7, 11) is 0. The summed E-state index contributed by atoms with van der Waals surface area (Å²) < 4.78 is 17.1. The first-order chi connectivity index (χ1) is 13.5. The van der Waals surface area contributed by atoms with Crippen molar-refractivity contribution in [1.82, 2.24) is 14.3 Å². The fourth-order valence-electron chi connectivity index (χ4n) is 3.59. The minimum Gasteiger partial charge on any atom is -0.316 e. The summed E-state index contributed by atoms with van der Waals surface area (Å²) in [6, 6.07) is 8.45. The molecule has 2 unspecified atom stereocenters. The van der Waals surface area contributed by atoms with Crippen molar-refractivity contribution in [2.75, 3.05) is 18.2 Å². The predicted molar refractivity (Wildman–Crippen MR) is 109 cm³/mol. The number of nitrogens with one attached hydrogen (secondary N) is 1. The quantitative estimate of drug-likeness (QED) is 0.647. The van der Waals surface area contributed by atoms with Crippen molar-refractivity contribution in [2.24, 2.45) is 5.92 Å². The maximum absolute atomic E-state index is 15.6. The first-order valence-electron chi connectivity index (χ1n) is 8.88. The van der Waals surface area contributed by atoms with Gasteiger partial charge in [0.1, 0.15) is 11.8 Å². The summed E-state index contributed by atoms with van der Waals surface area (Å²) in [6.45, 7) is 3.58. The summed E-state index contributed by atoms with van der Waals surface area (Å²) in [5, 5.41) is 13.8. The molecular weight excluding hydrogens is 401 g/mol. The van der Waals surface area contributed by atoms with Gasteiger partial charge >= 0.3 is 0 Å². The lowest BCUT2D eigenvalue weighted by Crippen LogP contribution is -2.38. The molecule has 9 heteroatoms. The smallest absolute Gasteiger partial charge is 0.281 e. The summed E-state index contributed by atoms with van der Waals surface area (Å²) in [5.41, 5.74) is -0.0223. The maximum Gasteiger partial charge on any atom is 0.281 e. The molecule has 1 aliphatic heterocycles. The van der Waals surface area contributed by atoms with E-state index in [4.69, 9.17) is 11.6 Å². The molecule has 2 atom stereocenters. The number of hydrogen-bond acceptors (Lipinski definition) is 6. The van der Waals surface area contributed by atoms with Crippen LogP contribution in [0, 0.1) is 17.2 Å². The van der Waals surface area contributed by atoms with Gasteiger partial charge in [-0.15, -0.1) is 0 Å². The Morgan fingerprint density at radius 2 is 2.29 bits per heavy atom. The second kappa shape index (κ2) is 7.51. The molecule has 0 radical (unpaired) electrons. The van der Waals surface area contributed by atoms with Crippen molar-refractivity contribution in [2.45, 2.75) is 19.4 Å². The van der Waals surface area contributed by atoms with Crippen LogP contribution in [0.3, 0.4) is 0 Å². The maximum atomic E-state index is 15.6. The van der Waals surface area contributed by atoms with E-state index in [0.29, 0.717) is 16.0 Å². The third-order valence-electron chi connectivity index (χ3n) is 5.05. The fourth-order valence-corrected chi connectivity index (χ4v) is 5.03. The number of benzene rings is 1. The first kappa shape index (κ1) is 18.9. The van der Waals surface area contributed by atoms with E-state index in [1.54, 1.807) is 30.5 Å². The van der Waals surface area contributed by atoms with Crippen LogP contribution in [-0.4, -0.2) is 22.0 Å². The van der Waals surface area contributed by atoms with E-state index in [9.17, 15) is 10.1 Å². The van der Waals surface area contributed by atoms with Crippen molar-refractivity contribution in [3.8, 4) is 6.07 Å². The lowest BCUT2D eigenvalue weighted by molar-refractivity contribution is 0.283. The van der Waals surface area contributed by atoms with Crippen molar-refractivity contribution in [3.05, 3.63) is 51.4 Å². The summed E-state index contributed by atoms with van der Waals surface area (Å²) in [6.07, 6.45) is 2.35. The SMILES string of the molecule is CC1CNCCC1n1sc(N(F)c2c(Cl)ccc3ncccc23)c(C#N)c1=O. The zero-order chi connectivity index (χ0) is 19.8. The lowest BCUT2D eigenvalue weighted by atomic mass is 9.96. The summed E-state index contributed by atoms with van der Waals surface area (Å²) in [5.74, 6) is 0.197. The molecule has 3 heterocycles. The number of halogens is 2. The fraction of sp³-hybridized carbons (Fsp3) is 0.316. The van der Waals surface area contributed by atoms with Gasteiger partial charge < -0.3 is 5.32 Å². The highest BCUT2D eigenvalue weighted by Gasteiger charge is 2.30. The molecular formula is C19H17ClFN5OS. The number of rotatable bonds is 3. The van der Waals surface area contributed by atoms with Gasteiger partial charge in [0, 0.05) is 11.6 Å². The zero-order valence-corrected chi connectivity index (χ0v) is 16.6. The molecule has 1 aliphatic rings. The number of nitriles is 1. The Bertz CT molecular complexity index is 1140. The normalized spacial score (nSPS) is 19.5. The Hall–Kier alpha value is -2.47. The van der Waals surface area contributed by atoms with Gasteiger partial charge in [0.15, 0.2) is 10.6 Å². The average Bonchev–Trinajstić information content (AvgIpc) is 3.04. The standard InChI is InChI=1S/C19H17ClFN5OS/c1-11-10-23-8-6-16(11)26-18(27)13(9-22)19(28-26)25(21)17-12-3-2-7-24-15(12)5-4-14(17)20/h2-5,7,11,16,23H,6,8,10H2,1H3. The topological polar surface area (TPSA) is 74.0 Å². The minimum absolute atomic E-state index is 0.0588. The van der Waals surface area contributed by atoms with Crippen LogP contribution in [0.2, 0.25) is 5.02 Å². The molecule has 1 saturated heterocycles. The highest BCUT2D eigenvalue weighted by Crippen LogP contribution is 2.41. The van der Waals surface area contributed by atoms with Crippen molar-refractivity contribution >= 4 is 44.7 Å². The highest BCUT2D eigenvalue weighted by atomic mass is 35.5. The van der Waals surface area contributed by atoms with Gasteiger partial charge in [0.2, 0.25) is 0 Å². The Morgan fingerprint density at radius 3 is 3.04 bits per heavy atom. The third-order valence-corrected chi connectivity index (χ3v) is 6.52. The molecule has 0 bridgehead atoms. The van der Waals surface area contributed by atoms with Gasteiger partial charge in [-0.1, -0.05) is 23.0 Å². The van der Waals surface area contributed by atoms with Crippen LogP contribution in [0.15, 0.2) is 35.3 Å². The van der Waals surface area contributed by atoms with Crippen LogP contribution in [0.4, 0.5) is 15.2 Å². The average molecular weight is 418 g/mol. The molecule has 0 aliphatic carbocycles. The van der Waals surface area contributed by atoms with Gasteiger partial charge in [-0.05, 0) is 61.2 Å². The molecule has 0 amide bonds. The van der Waals surface area contributed by atoms with E-state index in [1.807, 2.05) is 13.0 Å². The second-order valence-electron chi connectivity index (χ2n) is 6.80. The molecule has 0 saturated carbocycles. The predicted octanol–water partition coefficient (Wildman–Crippen LogP) is 4.18. The Kier molecular flexibility index (Phi) is 5.06. The minimum atomic E-state index is -0.460. The van der Waals surface area contributed by atoms with Crippen molar-refractivity contribution in [3.63, 3.8) is 0 Å². The first-order valence-corrected chi connectivity index (χ1v) is 10.0. The third kappa shape index (κ3) is 3.05. The monoisotopic (exact) mass is 417 g/mol. The molecule has 1 fully saturated rings. The van der Waals surface area contributed by atoms with E-state index >= 15 is 4.48 Å². The number of piperidine rings is 1. The number of hydrogen-bond donors (Lipinski definition) is 1. The number of nitrogens with zero attached hydrogens (tertiary/aromatic N) is 4. The molecule has 1 aromatic carbocycles. The van der Waals surface area contributed by atoms with Gasteiger partial charge in [-0.25, -0.2) is 0 Å². The van der Waals surface area contributed by atoms with E-state index in [1.165, 1.54) is 3.96 Å². The van der Waals surface area contributed by atoms with Crippen LogP contribution in [0.1, 0.15) is 24.9 Å². The molecule has 6 nitrogen and oxygen atoms in total. The van der Waals surface area contributed by atoms with Crippen LogP contribution >= 0.6 is 23.1 Å². The molecule has 2 aromatic heterocycles. The molecule has 0 spiro atoms. The Balaban J connectivity index is 1.86. The Labute approximate surface area is 169 Å². The molecule has 28 heavy (non-hydrogen) atoms. The largest absolute Gasteiger partial charge is 0.316 e. The number of fused-ring (bicyclic) bond motifs is 1. The summed E-state index contributed by atoms with van der Waals surface area (Å²) >= 11 is 7.25. The van der Waals surface area contributed by atoms with E-state index in [0.717, 1.165) is 31.0 Å². The van der Waals surface area contributed by atoms with Gasteiger partial charge in [0.05, 0.1) is 16.6 Å². The van der Waals surface area contributed by atoms with Gasteiger partial charge in [-0.2, -0.15) is 10.4 Å². The van der Waals surface area contributed by atoms with Crippen LogP contribution in [-0.2, 0) is 0 Å². The molecule has 3 aromatic rings. The molecule has 144 valence electrons. The number of aromatic nitrogens is 2. The van der Waals surface area contributed by atoms with Crippen LogP contribution in [0.25, 0.3) is 10.9 Å². The highest BCUT2D eigenvalue weighted by molar-refractivity contribution is 7.11. The summed E-state index contributed by atoms with van der Waals surface area (Å²) in [4.78, 5) is 17.1.